The van der Waals surface area contributed by atoms with E-state index in [1.807, 2.05) is 44.2 Å². The number of carbonyl (C=O) groups excluding carboxylic acids is 11. The zero-order chi connectivity index (χ0) is 69.9. The van der Waals surface area contributed by atoms with E-state index in [0.29, 0.717) is 62.7 Å². The molecule has 27 nitrogen and oxygen atoms in total. The molecule has 2 heterocycles. The van der Waals surface area contributed by atoms with Gasteiger partial charge in [0.05, 0.1) is 55.4 Å². The van der Waals surface area contributed by atoms with Gasteiger partial charge in [0, 0.05) is 72.2 Å². The normalized spacial score (nSPS) is 17.3. The van der Waals surface area contributed by atoms with Crippen molar-refractivity contribution in [2.24, 2.45) is 29.4 Å². The van der Waals surface area contributed by atoms with Crippen molar-refractivity contribution in [3.05, 3.63) is 77.9 Å². The summed E-state index contributed by atoms with van der Waals surface area (Å²) in [5.74, 6) is -6.11. The summed E-state index contributed by atoms with van der Waals surface area (Å²) in [6, 6.07) is 8.43. The van der Waals surface area contributed by atoms with Gasteiger partial charge in [0.1, 0.15) is 30.8 Å². The number of benzene rings is 2. The number of methoxy groups -OCH3 is 2. The molecule has 2 aliphatic rings. The van der Waals surface area contributed by atoms with E-state index >= 15 is 0 Å². The van der Waals surface area contributed by atoms with Crippen LogP contribution in [0.25, 0.3) is 0 Å². The van der Waals surface area contributed by atoms with Gasteiger partial charge in [-0.05, 0) is 92.9 Å². The fraction of sp³-hybridized carbons (Fsp3) is 0.627. The van der Waals surface area contributed by atoms with Crippen LogP contribution in [-0.2, 0) is 70.4 Å². The van der Waals surface area contributed by atoms with Gasteiger partial charge >= 0.3 is 12.1 Å². The molecule has 12 amide bonds. The molecule has 10 N–H and O–H groups in total. The zero-order valence-corrected chi connectivity index (χ0v) is 56.7. The van der Waals surface area contributed by atoms with Crippen molar-refractivity contribution >= 4 is 71.0 Å². The highest BCUT2D eigenvalue weighted by Crippen LogP contribution is 2.30. The highest BCUT2D eigenvalue weighted by molar-refractivity contribution is 6.12. The first-order valence-electron chi connectivity index (χ1n) is 32.6. The van der Waals surface area contributed by atoms with Gasteiger partial charge in [-0.15, -0.1) is 0 Å². The van der Waals surface area contributed by atoms with Gasteiger partial charge in [0.15, 0.2) is 0 Å². The van der Waals surface area contributed by atoms with Crippen LogP contribution in [0.2, 0.25) is 0 Å². The molecule has 4 rings (SSSR count). The number of likely N-dealkylation sites (N-methyl/N-ethyl adjacent to an activating group) is 2. The predicted octanol–water partition coefficient (Wildman–Crippen LogP) is 3.28. The number of rotatable bonds is 39. The Bertz CT molecular complexity index is 2860. The van der Waals surface area contributed by atoms with E-state index in [9.17, 15) is 63.0 Å². The molecule has 522 valence electrons. The van der Waals surface area contributed by atoms with Gasteiger partial charge in [-0.3, -0.25) is 53.0 Å². The third kappa shape index (κ3) is 23.5. The number of anilines is 1. The molecule has 2 aromatic rings. The third-order valence-electron chi connectivity index (χ3n) is 17.4. The molecule has 1 fully saturated rings. The van der Waals surface area contributed by atoms with Crippen LogP contribution >= 0.6 is 0 Å². The van der Waals surface area contributed by atoms with Gasteiger partial charge in [-0.25, -0.2) is 9.59 Å². The topological polar surface area (TPSA) is 367 Å². The van der Waals surface area contributed by atoms with Crippen LogP contribution in [-0.4, -0.2) is 210 Å². The Morgan fingerprint density at radius 2 is 1.38 bits per heavy atom. The second-order valence-electron chi connectivity index (χ2n) is 25.2. The monoisotopic (exact) mass is 1320 g/mol. The number of aliphatic hydroxyl groups excluding tert-OH is 2. The second kappa shape index (κ2) is 39.0. The summed E-state index contributed by atoms with van der Waals surface area (Å²) in [6.45, 7) is 14.1. The number of carbonyl (C=O) groups is 11. The Labute approximate surface area is 552 Å². The lowest BCUT2D eigenvalue weighted by atomic mass is 9.89. The SMILES string of the molecule is CC[C@H](C)[C@@H]([C@@H](CC(=O)N1CCC[C@H]1[C@H](OC)[C@@H](C)C(=O)N[C@H](CO)Cc1ccccc1)OC)N(C)C(=O)[C@@H](NC(=O)[C@H]([C@@H](C)O)N(C)C(=O)OCc1ccc(NC(=O)[C@H](CCCNC(N)=O)NC(=O)[C@@H](NC(=O)CCCCCN2C(=O)C=CC2=O)C(C)C)cc1)C(C)C. The fourth-order valence-electron chi connectivity index (χ4n) is 11.9. The van der Waals surface area contributed by atoms with Gasteiger partial charge in [0.2, 0.25) is 41.4 Å². The first-order chi connectivity index (χ1) is 44.6. The van der Waals surface area contributed by atoms with E-state index in [1.165, 1.54) is 57.4 Å². The minimum Gasteiger partial charge on any atom is -0.445 e. The average Bonchev–Trinajstić information content (AvgIpc) is 1.35. The quantitative estimate of drug-likeness (QED) is 0.0343. The number of likely N-dealkylation sites (tertiary alicyclic amines) is 1. The summed E-state index contributed by atoms with van der Waals surface area (Å²) in [7, 11) is 5.84. The van der Waals surface area contributed by atoms with Crippen LogP contribution in [0.5, 0.6) is 0 Å². The number of nitrogens with two attached hydrogens (primary N) is 1. The van der Waals surface area contributed by atoms with Crippen LogP contribution in [0.1, 0.15) is 131 Å². The van der Waals surface area contributed by atoms with E-state index in [4.69, 9.17) is 19.9 Å². The number of urea groups is 1. The molecule has 1 saturated heterocycles. The molecule has 0 radical (unpaired) electrons. The number of aliphatic hydroxyl groups is 2. The number of primary amides is 1. The summed E-state index contributed by atoms with van der Waals surface area (Å²) in [6.07, 6.45) is 2.49. The molecular formula is C67H103N11O16. The van der Waals surface area contributed by atoms with Crippen molar-refractivity contribution in [3.8, 4) is 0 Å². The third-order valence-corrected chi connectivity index (χ3v) is 17.4. The molecule has 2 aromatic carbocycles. The highest BCUT2D eigenvalue weighted by atomic mass is 16.6. The number of hydrogen-bond donors (Lipinski definition) is 9. The number of imide groups is 1. The van der Waals surface area contributed by atoms with Crippen molar-refractivity contribution in [3.63, 3.8) is 0 Å². The molecule has 12 atom stereocenters. The van der Waals surface area contributed by atoms with E-state index in [0.717, 1.165) is 15.4 Å². The maximum absolute atomic E-state index is 14.7. The molecular weight excluding hydrogens is 1210 g/mol. The first-order valence-corrected chi connectivity index (χ1v) is 32.6. The number of hydrogen-bond acceptors (Lipinski definition) is 16. The zero-order valence-electron chi connectivity index (χ0n) is 56.7. The Balaban J connectivity index is 1.37. The minimum absolute atomic E-state index is 0.0667. The van der Waals surface area contributed by atoms with E-state index in [-0.39, 0.29) is 87.5 Å². The van der Waals surface area contributed by atoms with Gasteiger partial charge in [0.25, 0.3) is 11.8 Å². The number of nitrogens with one attached hydrogen (secondary N) is 6. The Hall–Kier alpha value is -8.01. The average molecular weight is 1320 g/mol. The first kappa shape index (κ1) is 78.4. The lowest BCUT2D eigenvalue weighted by molar-refractivity contribution is -0.148. The second-order valence-corrected chi connectivity index (χ2v) is 25.2. The number of unbranched alkanes of at least 4 members (excludes halogenated alkanes) is 2. The lowest BCUT2D eigenvalue weighted by Gasteiger charge is -2.41. The predicted molar refractivity (Wildman–Crippen MR) is 350 cm³/mol. The molecule has 94 heavy (non-hydrogen) atoms. The van der Waals surface area contributed by atoms with Crippen molar-refractivity contribution in [1.82, 2.24) is 46.2 Å². The summed E-state index contributed by atoms with van der Waals surface area (Å²) in [5.41, 5.74) is 6.95. The minimum atomic E-state index is -1.53. The largest absolute Gasteiger partial charge is 0.445 e. The molecule has 0 saturated carbocycles. The van der Waals surface area contributed by atoms with Crippen molar-refractivity contribution < 1.29 is 77.2 Å². The fourth-order valence-corrected chi connectivity index (χ4v) is 11.9. The van der Waals surface area contributed by atoms with Crippen molar-refractivity contribution in [2.75, 3.05) is 59.9 Å². The summed E-state index contributed by atoms with van der Waals surface area (Å²) < 4.78 is 17.6. The van der Waals surface area contributed by atoms with E-state index in [1.54, 1.807) is 58.7 Å². The van der Waals surface area contributed by atoms with Crippen LogP contribution in [0.4, 0.5) is 15.3 Å². The van der Waals surface area contributed by atoms with Crippen molar-refractivity contribution in [1.29, 1.82) is 0 Å². The Morgan fingerprint density at radius 1 is 0.734 bits per heavy atom. The molecule has 2 aliphatic heterocycles. The van der Waals surface area contributed by atoms with Gasteiger partial charge in [-0.1, -0.05) is 104 Å². The van der Waals surface area contributed by atoms with Gasteiger partial charge in [-0.2, -0.15) is 0 Å². The maximum Gasteiger partial charge on any atom is 0.410 e. The molecule has 0 bridgehead atoms. The molecule has 0 aromatic heterocycles. The van der Waals surface area contributed by atoms with Gasteiger partial charge < -0.3 is 71.9 Å². The molecule has 0 aliphatic carbocycles. The standard InChI is InChI=1S/C67H103N11O16/c1-13-42(6)58(51(92-11)37-55(84)77-35-21-25-50(77)60(93-12)43(7)61(85)71-48(38-79)36-45-22-16-14-17-23-45)75(9)65(89)57(41(4)5)74-64(88)59(44(8)80)76(10)67(91)94-39-46-27-29-47(30-28-46)70-62(86)49(24-20-33-69-66(68)90)72-63(87)56(40(2)3)73-52(81)26-18-15-19-34-78-53(82)31-32-54(78)83/h14,16-17,22-23,27-32,40-44,48-51,56-60,79-80H,13,15,18-21,24-26,33-39H2,1-12H3,(H,70,86)(H,71,85)(H,72,87)(H,73,81)(H,74,88)(H3,68,69,90)/t42-,43+,44+,48-,49-,50-,51+,56-,57-,58-,59-,60+/m0/s1. The van der Waals surface area contributed by atoms with Crippen LogP contribution in [0.3, 0.4) is 0 Å². The number of ether oxygens (including phenoxy) is 3. The number of nitrogens with zero attached hydrogens (tertiary/aromatic N) is 4. The van der Waals surface area contributed by atoms with Crippen LogP contribution in [0.15, 0.2) is 66.7 Å². The molecule has 27 heteroatoms. The smallest absolute Gasteiger partial charge is 0.410 e. The summed E-state index contributed by atoms with van der Waals surface area (Å²) >= 11 is 0. The number of amides is 12. The van der Waals surface area contributed by atoms with Crippen molar-refractivity contribution in [2.45, 2.75) is 193 Å². The van der Waals surface area contributed by atoms with E-state index in [2.05, 4.69) is 31.9 Å². The molecule has 0 unspecified atom stereocenters. The lowest BCUT2D eigenvalue weighted by Crippen LogP contribution is -2.61. The van der Waals surface area contributed by atoms with E-state index < -0.39 is 114 Å². The summed E-state index contributed by atoms with van der Waals surface area (Å²) in [5, 5.41) is 37.6. The highest BCUT2D eigenvalue weighted by Gasteiger charge is 2.44. The Kier molecular flexibility index (Phi) is 32.5. The van der Waals surface area contributed by atoms with Crippen LogP contribution < -0.4 is 37.6 Å². The summed E-state index contributed by atoms with van der Waals surface area (Å²) in [4.78, 5) is 152. The molecule has 0 spiro atoms. The maximum atomic E-state index is 14.7. The van der Waals surface area contributed by atoms with Crippen LogP contribution in [0, 0.1) is 23.7 Å². The Morgan fingerprint density at radius 3 is 1.96 bits per heavy atom.